The van der Waals surface area contributed by atoms with Crippen LogP contribution in [0.15, 0.2) is 66.2 Å². The number of fused-ring (bicyclic) bond motifs is 1. The van der Waals surface area contributed by atoms with Crippen molar-refractivity contribution in [3.63, 3.8) is 0 Å². The number of halogens is 1. The van der Waals surface area contributed by atoms with E-state index in [2.05, 4.69) is 15.2 Å². The molecule has 2 aromatic heterocycles. The number of ketones is 1. The summed E-state index contributed by atoms with van der Waals surface area (Å²) in [4.78, 5) is 16.0. The van der Waals surface area contributed by atoms with Gasteiger partial charge in [0, 0.05) is 22.7 Å². The van der Waals surface area contributed by atoms with Crippen LogP contribution in [-0.2, 0) is 0 Å². The number of benzene rings is 2. The van der Waals surface area contributed by atoms with E-state index in [0.29, 0.717) is 16.4 Å². The first-order chi connectivity index (χ1) is 12.6. The molecule has 2 heterocycles. The first-order valence-electron chi connectivity index (χ1n) is 8.07. The maximum absolute atomic E-state index is 14.1. The lowest BCUT2D eigenvalue weighted by Crippen LogP contribution is -2.14. The number of nitrogens with zero attached hydrogens (tertiary/aromatic N) is 3. The van der Waals surface area contributed by atoms with Gasteiger partial charge in [0.25, 0.3) is 0 Å². The minimum atomic E-state index is -0.399. The molecular formula is C19H15FN4OS. The fourth-order valence-corrected chi connectivity index (χ4v) is 3.73. The molecule has 1 atom stereocenters. The summed E-state index contributed by atoms with van der Waals surface area (Å²) < 4.78 is 15.6. The Balaban J connectivity index is 1.61. The molecule has 0 amide bonds. The standard InChI is InChI=1S/C19H15FN4OS/c1-12(18(25)14-10-21-16-8-4-2-6-13(14)16)26-19-23-22-11-24(19)17-9-5-3-7-15(17)20/h2-12,21H,1H3/t12-/m0/s1. The second-order valence-electron chi connectivity index (χ2n) is 5.81. The summed E-state index contributed by atoms with van der Waals surface area (Å²) in [5.41, 5.74) is 1.91. The first-order valence-corrected chi connectivity index (χ1v) is 8.95. The zero-order valence-corrected chi connectivity index (χ0v) is 14.7. The lowest BCUT2D eigenvalue weighted by Gasteiger charge is -2.11. The van der Waals surface area contributed by atoms with E-state index in [0.717, 1.165) is 10.9 Å². The van der Waals surface area contributed by atoms with Gasteiger partial charge < -0.3 is 4.98 Å². The van der Waals surface area contributed by atoms with E-state index in [1.165, 1.54) is 24.2 Å². The van der Waals surface area contributed by atoms with Crippen LogP contribution < -0.4 is 0 Å². The maximum atomic E-state index is 14.1. The van der Waals surface area contributed by atoms with Crippen molar-refractivity contribution >= 4 is 28.4 Å². The van der Waals surface area contributed by atoms with E-state index in [-0.39, 0.29) is 11.6 Å². The summed E-state index contributed by atoms with van der Waals surface area (Å²) in [6, 6.07) is 14.1. The summed E-state index contributed by atoms with van der Waals surface area (Å²) in [5, 5.41) is 8.88. The van der Waals surface area contributed by atoms with Crippen LogP contribution in [0.2, 0.25) is 0 Å². The molecule has 7 heteroatoms. The largest absolute Gasteiger partial charge is 0.360 e. The van der Waals surface area contributed by atoms with Crippen molar-refractivity contribution in [2.75, 3.05) is 0 Å². The van der Waals surface area contributed by atoms with E-state index in [1.807, 2.05) is 31.2 Å². The molecule has 4 aromatic rings. The fraction of sp³-hybridized carbons (Fsp3) is 0.105. The van der Waals surface area contributed by atoms with Gasteiger partial charge in [-0.15, -0.1) is 10.2 Å². The number of rotatable bonds is 5. The molecule has 0 aliphatic heterocycles. The summed E-state index contributed by atoms with van der Waals surface area (Å²) in [5.74, 6) is -0.389. The fourth-order valence-electron chi connectivity index (χ4n) is 2.82. The molecule has 0 radical (unpaired) electrons. The van der Waals surface area contributed by atoms with Gasteiger partial charge in [0.05, 0.1) is 10.9 Å². The molecule has 130 valence electrons. The van der Waals surface area contributed by atoms with Crippen LogP contribution in [0, 0.1) is 5.82 Å². The van der Waals surface area contributed by atoms with Gasteiger partial charge in [-0.3, -0.25) is 9.36 Å². The van der Waals surface area contributed by atoms with Gasteiger partial charge >= 0.3 is 0 Å². The number of carbonyl (C=O) groups excluding carboxylic acids is 1. The van der Waals surface area contributed by atoms with Crippen molar-refractivity contribution in [1.29, 1.82) is 0 Å². The average molecular weight is 366 g/mol. The third-order valence-electron chi connectivity index (χ3n) is 4.13. The van der Waals surface area contributed by atoms with Crippen LogP contribution in [0.3, 0.4) is 0 Å². The first kappa shape index (κ1) is 16.5. The summed E-state index contributed by atoms with van der Waals surface area (Å²) >= 11 is 1.25. The number of nitrogens with one attached hydrogen (secondary N) is 1. The van der Waals surface area contributed by atoms with Gasteiger partial charge in [0.2, 0.25) is 0 Å². The SMILES string of the molecule is C[C@H](Sc1nncn1-c1ccccc1F)C(=O)c1c[nH]c2ccccc12. The summed E-state index contributed by atoms with van der Waals surface area (Å²) in [7, 11) is 0. The molecule has 4 rings (SSSR count). The zero-order chi connectivity index (χ0) is 18.1. The van der Waals surface area contributed by atoms with E-state index in [9.17, 15) is 9.18 Å². The van der Waals surface area contributed by atoms with Crippen LogP contribution >= 0.6 is 11.8 Å². The van der Waals surface area contributed by atoms with Crippen molar-refractivity contribution in [2.45, 2.75) is 17.3 Å². The lowest BCUT2D eigenvalue weighted by molar-refractivity contribution is 0.0995. The number of para-hydroxylation sites is 2. The van der Waals surface area contributed by atoms with Crippen molar-refractivity contribution in [3.05, 3.63) is 72.4 Å². The average Bonchev–Trinajstić information content (AvgIpc) is 3.28. The highest BCUT2D eigenvalue weighted by Crippen LogP contribution is 2.29. The van der Waals surface area contributed by atoms with E-state index >= 15 is 0 Å². The third kappa shape index (κ3) is 2.90. The van der Waals surface area contributed by atoms with Gasteiger partial charge in [-0.1, -0.05) is 42.1 Å². The van der Waals surface area contributed by atoms with Crippen molar-refractivity contribution in [3.8, 4) is 5.69 Å². The molecule has 5 nitrogen and oxygen atoms in total. The Bertz CT molecular complexity index is 1090. The molecule has 26 heavy (non-hydrogen) atoms. The molecule has 0 fully saturated rings. The smallest absolute Gasteiger partial charge is 0.196 e. The van der Waals surface area contributed by atoms with Crippen LogP contribution in [0.5, 0.6) is 0 Å². The predicted molar refractivity (Wildman–Crippen MR) is 99.3 cm³/mol. The van der Waals surface area contributed by atoms with Crippen molar-refractivity contribution in [2.24, 2.45) is 0 Å². The molecule has 0 aliphatic carbocycles. The number of Topliss-reactive ketones (excluding diaryl/α,β-unsaturated/α-hetero) is 1. The maximum Gasteiger partial charge on any atom is 0.196 e. The monoisotopic (exact) mass is 366 g/mol. The second-order valence-corrected chi connectivity index (χ2v) is 7.12. The van der Waals surface area contributed by atoms with Crippen LogP contribution in [0.1, 0.15) is 17.3 Å². The van der Waals surface area contributed by atoms with Gasteiger partial charge in [-0.25, -0.2) is 4.39 Å². The molecule has 0 bridgehead atoms. The Morgan fingerprint density at radius 3 is 2.81 bits per heavy atom. The second kappa shape index (κ2) is 6.76. The summed E-state index contributed by atoms with van der Waals surface area (Å²) in [6.45, 7) is 1.81. The zero-order valence-electron chi connectivity index (χ0n) is 13.9. The number of aromatic amines is 1. The predicted octanol–water partition coefficient (Wildman–Crippen LogP) is 4.25. The third-order valence-corrected chi connectivity index (χ3v) is 5.19. The van der Waals surface area contributed by atoms with Crippen LogP contribution in [0.4, 0.5) is 4.39 Å². The Morgan fingerprint density at radius 2 is 1.96 bits per heavy atom. The molecule has 0 unspecified atom stereocenters. The van der Waals surface area contributed by atoms with E-state index < -0.39 is 5.25 Å². The van der Waals surface area contributed by atoms with Crippen molar-refractivity contribution in [1.82, 2.24) is 19.7 Å². The highest BCUT2D eigenvalue weighted by molar-refractivity contribution is 8.00. The van der Waals surface area contributed by atoms with Gasteiger partial charge in [-0.2, -0.15) is 0 Å². The highest BCUT2D eigenvalue weighted by Gasteiger charge is 2.22. The Hall–Kier alpha value is -2.93. The number of H-pyrrole nitrogens is 1. The van der Waals surface area contributed by atoms with Crippen molar-refractivity contribution < 1.29 is 9.18 Å². The molecule has 0 aliphatic rings. The van der Waals surface area contributed by atoms with E-state index in [4.69, 9.17) is 0 Å². The Morgan fingerprint density at radius 1 is 1.19 bits per heavy atom. The number of carbonyl (C=O) groups is 1. The van der Waals surface area contributed by atoms with Crippen LogP contribution in [-0.4, -0.2) is 30.8 Å². The molecule has 1 N–H and O–H groups in total. The molecule has 2 aromatic carbocycles. The lowest BCUT2D eigenvalue weighted by atomic mass is 10.1. The number of hydrogen-bond donors (Lipinski definition) is 1. The highest BCUT2D eigenvalue weighted by atomic mass is 32.2. The summed E-state index contributed by atoms with van der Waals surface area (Å²) in [6.07, 6.45) is 3.18. The topological polar surface area (TPSA) is 63.6 Å². The van der Waals surface area contributed by atoms with Crippen LogP contribution in [0.25, 0.3) is 16.6 Å². The Kier molecular flexibility index (Phi) is 4.30. The molecule has 0 saturated heterocycles. The normalized spacial score (nSPS) is 12.4. The molecular weight excluding hydrogens is 351 g/mol. The molecule has 0 saturated carbocycles. The quantitative estimate of drug-likeness (QED) is 0.424. The minimum Gasteiger partial charge on any atom is -0.360 e. The Labute approximate surface area is 153 Å². The van der Waals surface area contributed by atoms with Gasteiger partial charge in [0.1, 0.15) is 12.1 Å². The minimum absolute atomic E-state index is 0.0180. The molecule has 0 spiro atoms. The number of thioether (sulfide) groups is 1. The number of hydrogen-bond acceptors (Lipinski definition) is 4. The van der Waals surface area contributed by atoms with Gasteiger partial charge in [0.15, 0.2) is 10.9 Å². The number of aromatic nitrogens is 4. The van der Waals surface area contributed by atoms with Gasteiger partial charge in [-0.05, 0) is 25.1 Å². The van der Waals surface area contributed by atoms with E-state index in [1.54, 1.807) is 29.0 Å².